The number of allylic oxidation sites excluding steroid dienone is 2. The summed E-state index contributed by atoms with van der Waals surface area (Å²) in [5, 5.41) is 0. The molecule has 2 atom stereocenters. The summed E-state index contributed by atoms with van der Waals surface area (Å²) in [7, 11) is 0. The van der Waals surface area contributed by atoms with Crippen molar-refractivity contribution >= 4 is 0 Å². The van der Waals surface area contributed by atoms with Gasteiger partial charge in [-0.2, -0.15) is 4.39 Å². The molecule has 0 amide bonds. The topological polar surface area (TPSA) is 18.5 Å². The van der Waals surface area contributed by atoms with Crippen LogP contribution in [0, 0.1) is 17.6 Å². The third-order valence-corrected chi connectivity index (χ3v) is 6.51. The van der Waals surface area contributed by atoms with E-state index in [4.69, 9.17) is 9.47 Å². The zero-order valence-corrected chi connectivity index (χ0v) is 19.9. The van der Waals surface area contributed by atoms with Crippen LogP contribution in [0.5, 0.6) is 5.75 Å². The standard InChI is InChI=1S/C30H32F2O2/c1-3-5-6-7-21-8-18-27(34-20-21)25-15-11-23(12-16-25)22-9-13-24(14-10-22)26-17-19-28(33-4-2)30(32)29(26)31/h3,5,9-17,19,21,27H,4,6-8,18,20H2,1-2H3/b5-3+. The van der Waals surface area contributed by atoms with Gasteiger partial charge < -0.3 is 9.47 Å². The van der Waals surface area contributed by atoms with E-state index in [2.05, 4.69) is 43.3 Å². The predicted molar refractivity (Wildman–Crippen MR) is 134 cm³/mol. The molecule has 2 nitrogen and oxygen atoms in total. The van der Waals surface area contributed by atoms with E-state index < -0.39 is 11.6 Å². The molecule has 0 N–H and O–H groups in total. The van der Waals surface area contributed by atoms with Crippen LogP contribution in [0.1, 0.15) is 51.2 Å². The first-order valence-corrected chi connectivity index (χ1v) is 12.1. The van der Waals surface area contributed by atoms with Crippen molar-refractivity contribution in [1.82, 2.24) is 0 Å². The number of hydrogen-bond donors (Lipinski definition) is 0. The van der Waals surface area contributed by atoms with Crippen LogP contribution in [0.25, 0.3) is 22.3 Å². The van der Waals surface area contributed by atoms with Gasteiger partial charge in [0.2, 0.25) is 5.82 Å². The molecule has 3 aromatic rings. The Kier molecular flexibility index (Phi) is 8.12. The molecule has 1 aliphatic rings. The minimum Gasteiger partial charge on any atom is -0.491 e. The lowest BCUT2D eigenvalue weighted by molar-refractivity contribution is -0.0190. The van der Waals surface area contributed by atoms with Crippen LogP contribution in [-0.4, -0.2) is 13.2 Å². The Morgan fingerprint density at radius 2 is 1.56 bits per heavy atom. The van der Waals surface area contributed by atoms with Gasteiger partial charge in [-0.05, 0) is 79.8 Å². The molecule has 0 aliphatic carbocycles. The van der Waals surface area contributed by atoms with Gasteiger partial charge in [0.15, 0.2) is 11.6 Å². The predicted octanol–water partition coefficient (Wildman–Crippen LogP) is 8.52. The van der Waals surface area contributed by atoms with Gasteiger partial charge >= 0.3 is 0 Å². The fraction of sp³-hybridized carbons (Fsp3) is 0.333. The summed E-state index contributed by atoms with van der Waals surface area (Å²) in [5.41, 5.74) is 4.16. The molecule has 2 unspecified atom stereocenters. The molecule has 3 aromatic carbocycles. The summed E-state index contributed by atoms with van der Waals surface area (Å²) in [6.07, 6.45) is 9.07. The van der Waals surface area contributed by atoms with Crippen LogP contribution in [0.4, 0.5) is 8.78 Å². The summed E-state index contributed by atoms with van der Waals surface area (Å²) in [6.45, 7) is 4.91. The first-order chi connectivity index (χ1) is 16.6. The molecular formula is C30H32F2O2. The lowest BCUT2D eigenvalue weighted by Crippen LogP contribution is -2.20. The fourth-order valence-electron chi connectivity index (χ4n) is 4.55. The van der Waals surface area contributed by atoms with Gasteiger partial charge in [0.1, 0.15) is 0 Å². The third kappa shape index (κ3) is 5.56. The van der Waals surface area contributed by atoms with Crippen LogP contribution < -0.4 is 4.74 Å². The highest BCUT2D eigenvalue weighted by molar-refractivity contribution is 5.71. The van der Waals surface area contributed by atoms with Gasteiger partial charge in [0.05, 0.1) is 19.3 Å². The Hall–Kier alpha value is -2.98. The van der Waals surface area contributed by atoms with Crippen molar-refractivity contribution in [2.24, 2.45) is 5.92 Å². The Morgan fingerprint density at radius 3 is 2.18 bits per heavy atom. The molecule has 0 spiro atoms. The van der Waals surface area contributed by atoms with Crippen LogP contribution >= 0.6 is 0 Å². The quantitative estimate of drug-likeness (QED) is 0.312. The third-order valence-electron chi connectivity index (χ3n) is 6.51. The minimum absolute atomic E-state index is 0.0634. The van der Waals surface area contributed by atoms with Gasteiger partial charge in [-0.15, -0.1) is 0 Å². The van der Waals surface area contributed by atoms with E-state index in [-0.39, 0.29) is 24.0 Å². The minimum atomic E-state index is -0.951. The van der Waals surface area contributed by atoms with Crippen molar-refractivity contribution in [3.63, 3.8) is 0 Å². The summed E-state index contributed by atoms with van der Waals surface area (Å²) < 4.78 is 40.1. The van der Waals surface area contributed by atoms with Crippen molar-refractivity contribution in [3.05, 3.63) is 90.0 Å². The second kappa shape index (κ2) is 11.4. The number of rotatable bonds is 8. The monoisotopic (exact) mass is 462 g/mol. The maximum atomic E-state index is 14.5. The van der Waals surface area contributed by atoms with Gasteiger partial charge in [-0.3, -0.25) is 0 Å². The molecule has 0 saturated carbocycles. The molecule has 4 rings (SSSR count). The smallest absolute Gasteiger partial charge is 0.201 e. The summed E-state index contributed by atoms with van der Waals surface area (Å²) in [6, 6.07) is 19.0. The summed E-state index contributed by atoms with van der Waals surface area (Å²) in [4.78, 5) is 0. The van der Waals surface area contributed by atoms with E-state index in [1.807, 2.05) is 24.3 Å². The molecule has 34 heavy (non-hydrogen) atoms. The number of benzene rings is 3. The van der Waals surface area contributed by atoms with Gasteiger partial charge in [0, 0.05) is 5.56 Å². The van der Waals surface area contributed by atoms with E-state index in [0.717, 1.165) is 30.6 Å². The fourth-order valence-corrected chi connectivity index (χ4v) is 4.55. The molecule has 4 heteroatoms. The van der Waals surface area contributed by atoms with Gasteiger partial charge in [-0.25, -0.2) is 4.39 Å². The first kappa shape index (κ1) is 24.2. The van der Waals surface area contributed by atoms with E-state index in [1.54, 1.807) is 13.0 Å². The Labute approximate surface area is 201 Å². The first-order valence-electron chi connectivity index (χ1n) is 12.1. The van der Waals surface area contributed by atoms with Crippen LogP contribution in [0.2, 0.25) is 0 Å². The number of halogens is 2. The molecule has 0 bridgehead atoms. The maximum absolute atomic E-state index is 14.5. The van der Waals surface area contributed by atoms with E-state index >= 15 is 0 Å². The lowest BCUT2D eigenvalue weighted by Gasteiger charge is -2.29. The van der Waals surface area contributed by atoms with Crippen LogP contribution in [0.15, 0.2) is 72.8 Å². The lowest BCUT2D eigenvalue weighted by atomic mass is 9.91. The van der Waals surface area contributed by atoms with Crippen LogP contribution in [-0.2, 0) is 4.74 Å². The van der Waals surface area contributed by atoms with Crippen LogP contribution in [0.3, 0.4) is 0 Å². The average molecular weight is 463 g/mol. The molecule has 1 aliphatic heterocycles. The molecule has 1 saturated heterocycles. The molecule has 0 aromatic heterocycles. The number of hydrogen-bond acceptors (Lipinski definition) is 2. The maximum Gasteiger partial charge on any atom is 0.201 e. The molecular weight excluding hydrogens is 430 g/mol. The van der Waals surface area contributed by atoms with Gasteiger partial charge in [0.25, 0.3) is 0 Å². The highest BCUT2D eigenvalue weighted by Gasteiger charge is 2.22. The Balaban J connectivity index is 1.41. The van der Waals surface area contributed by atoms with Crippen molar-refractivity contribution in [2.75, 3.05) is 13.2 Å². The van der Waals surface area contributed by atoms with Crippen molar-refractivity contribution in [3.8, 4) is 28.0 Å². The van der Waals surface area contributed by atoms with E-state index in [1.165, 1.54) is 24.5 Å². The number of ether oxygens (including phenoxy) is 2. The molecule has 0 radical (unpaired) electrons. The van der Waals surface area contributed by atoms with Crippen molar-refractivity contribution in [1.29, 1.82) is 0 Å². The van der Waals surface area contributed by atoms with E-state index in [0.29, 0.717) is 11.5 Å². The zero-order chi connectivity index (χ0) is 23.9. The highest BCUT2D eigenvalue weighted by Crippen LogP contribution is 2.34. The molecule has 1 fully saturated rings. The van der Waals surface area contributed by atoms with Crippen molar-refractivity contribution in [2.45, 2.75) is 45.6 Å². The Morgan fingerprint density at radius 1 is 0.882 bits per heavy atom. The van der Waals surface area contributed by atoms with Crippen molar-refractivity contribution < 1.29 is 18.3 Å². The SMILES string of the molecule is C/C=C/CCC1CCC(c2ccc(-c3ccc(-c4ccc(OCC)c(F)c4F)cc3)cc2)OC1. The summed E-state index contributed by atoms with van der Waals surface area (Å²) >= 11 is 0. The van der Waals surface area contributed by atoms with E-state index in [9.17, 15) is 8.78 Å². The second-order valence-corrected chi connectivity index (χ2v) is 8.78. The van der Waals surface area contributed by atoms with Gasteiger partial charge in [-0.1, -0.05) is 60.7 Å². The normalized spacial score (nSPS) is 18.4. The second-order valence-electron chi connectivity index (χ2n) is 8.78. The molecule has 178 valence electrons. The Bertz CT molecular complexity index is 1100. The average Bonchev–Trinajstić information content (AvgIpc) is 2.88. The largest absolute Gasteiger partial charge is 0.491 e. The summed E-state index contributed by atoms with van der Waals surface area (Å²) in [5.74, 6) is -1.25. The zero-order valence-electron chi connectivity index (χ0n) is 19.9. The highest BCUT2D eigenvalue weighted by atomic mass is 19.2. The molecule has 1 heterocycles.